The fourth-order valence-corrected chi connectivity index (χ4v) is 0.424. The first-order valence-corrected chi connectivity index (χ1v) is 3.09. The van der Waals surface area contributed by atoms with E-state index in [-0.39, 0.29) is 4.55 Å². The molecule has 0 N–H and O–H groups in total. The molecular formula is CH2BNS3. The fraction of sp³-hybridized carbons (Fsp3) is 0. The van der Waals surface area contributed by atoms with Crippen molar-refractivity contribution < 1.29 is 0 Å². The highest BCUT2D eigenvalue weighted by molar-refractivity contribution is 8.69. The molecule has 0 aromatic carbocycles. The average molecular weight is 135 g/mol. The Morgan fingerprint density at radius 2 is 2.17 bits per heavy atom. The summed E-state index contributed by atoms with van der Waals surface area (Å²) in [6, 6.07) is 0. The van der Waals surface area contributed by atoms with Crippen LogP contribution in [0.3, 0.4) is 0 Å². The van der Waals surface area contributed by atoms with Gasteiger partial charge in [-0.2, -0.15) is 5.26 Å². The summed E-state index contributed by atoms with van der Waals surface area (Å²) in [6.07, 6.45) is 0. The second-order valence-corrected chi connectivity index (χ2v) is 3.56. The van der Waals surface area contributed by atoms with Crippen LogP contribution in [0.4, 0.5) is 0 Å². The minimum atomic E-state index is -0.157. The van der Waals surface area contributed by atoms with E-state index in [1.807, 2.05) is 5.40 Å². The first-order valence-electron chi connectivity index (χ1n) is 1.18. The van der Waals surface area contributed by atoms with Gasteiger partial charge in [0.25, 0.3) is 0 Å². The van der Waals surface area contributed by atoms with Gasteiger partial charge in [-0.05, 0) is 0 Å². The summed E-state index contributed by atoms with van der Waals surface area (Å²) in [5.41, 5.74) is 0. The van der Waals surface area contributed by atoms with Gasteiger partial charge >= 0.3 is 4.55 Å². The maximum Gasteiger partial charge on any atom is 0.351 e. The van der Waals surface area contributed by atoms with Crippen LogP contribution in [-0.2, 0) is 0 Å². The number of hydrogen-bond acceptors (Lipinski definition) is 4. The van der Waals surface area contributed by atoms with Gasteiger partial charge in [-0.1, -0.05) is 11.6 Å². The van der Waals surface area contributed by atoms with Crippen molar-refractivity contribution in [2.45, 2.75) is 0 Å². The quantitative estimate of drug-likeness (QED) is 0.319. The van der Waals surface area contributed by atoms with Crippen LogP contribution in [0.15, 0.2) is 0 Å². The van der Waals surface area contributed by atoms with Gasteiger partial charge in [-0.3, -0.25) is 0 Å². The maximum atomic E-state index is 7.85. The zero-order chi connectivity index (χ0) is 4.99. The molecule has 0 aromatic rings. The molecule has 5 heteroatoms. The molecule has 1 nitrogen and oxygen atoms in total. The van der Waals surface area contributed by atoms with Crippen LogP contribution in [0.1, 0.15) is 0 Å². The molecule has 0 rings (SSSR count). The molecule has 0 saturated heterocycles. The van der Waals surface area contributed by atoms with E-state index in [2.05, 4.69) is 25.0 Å². The zero-order valence-electron chi connectivity index (χ0n) is 2.83. The third kappa shape index (κ3) is 4.60. The lowest BCUT2D eigenvalue weighted by atomic mass is 10.7. The van der Waals surface area contributed by atoms with Crippen molar-refractivity contribution in [2.24, 2.45) is 0 Å². The first kappa shape index (κ1) is 6.60. The molecule has 0 aromatic heterocycles. The number of rotatable bonds is 1. The van der Waals surface area contributed by atoms with E-state index < -0.39 is 0 Å². The average Bonchev–Trinajstić information content (AvgIpc) is 1.35. The van der Waals surface area contributed by atoms with E-state index in [4.69, 9.17) is 5.26 Å². The van der Waals surface area contributed by atoms with Crippen LogP contribution < -0.4 is 0 Å². The van der Waals surface area contributed by atoms with Gasteiger partial charge in [0, 0.05) is 0 Å². The van der Waals surface area contributed by atoms with Crippen molar-refractivity contribution in [2.75, 3.05) is 0 Å². The minimum Gasteiger partial charge on any atom is -0.201 e. The predicted molar refractivity (Wildman–Crippen MR) is 36.9 cm³/mol. The molecule has 32 valence electrons. The highest BCUT2D eigenvalue weighted by Crippen LogP contribution is 2.09. The number of hydrogen-bond donors (Lipinski definition) is 2. The molecule has 0 aliphatic carbocycles. The van der Waals surface area contributed by atoms with Gasteiger partial charge in [0.15, 0.2) is 0 Å². The summed E-state index contributed by atoms with van der Waals surface area (Å²) in [4.78, 5) is 0. The van der Waals surface area contributed by atoms with Crippen LogP contribution in [0.2, 0.25) is 0 Å². The third-order valence-corrected chi connectivity index (χ3v) is 1.11. The van der Waals surface area contributed by atoms with Gasteiger partial charge in [0.05, 0.1) is 0 Å². The SMILES string of the molecule is N#CSB(S)S. The smallest absolute Gasteiger partial charge is 0.201 e. The largest absolute Gasteiger partial charge is 0.351 e. The van der Waals surface area contributed by atoms with Gasteiger partial charge in [0.1, 0.15) is 5.40 Å². The molecule has 0 atom stereocenters. The van der Waals surface area contributed by atoms with Gasteiger partial charge in [-0.25, -0.2) is 25.0 Å². The summed E-state index contributed by atoms with van der Waals surface area (Å²) in [7, 11) is 0. The topological polar surface area (TPSA) is 23.8 Å². The Balaban J connectivity index is 2.88. The Morgan fingerprint density at radius 3 is 2.17 bits per heavy atom. The molecule has 0 spiro atoms. The van der Waals surface area contributed by atoms with Crippen LogP contribution in [0, 0.1) is 10.7 Å². The molecule has 0 aliphatic heterocycles. The highest BCUT2D eigenvalue weighted by atomic mass is 32.2. The van der Waals surface area contributed by atoms with Crippen molar-refractivity contribution >= 4 is 41.1 Å². The van der Waals surface area contributed by atoms with E-state index in [1.165, 1.54) is 0 Å². The number of nitrogens with zero attached hydrogens (tertiary/aromatic N) is 1. The van der Waals surface area contributed by atoms with E-state index >= 15 is 0 Å². The zero-order valence-corrected chi connectivity index (χ0v) is 5.43. The van der Waals surface area contributed by atoms with Crippen molar-refractivity contribution in [3.8, 4) is 5.40 Å². The second-order valence-electron chi connectivity index (χ2n) is 0.535. The molecule has 0 amide bonds. The third-order valence-electron chi connectivity index (χ3n) is 0.158. The molecule has 0 radical (unpaired) electrons. The van der Waals surface area contributed by atoms with Crippen molar-refractivity contribution in [1.82, 2.24) is 0 Å². The minimum absolute atomic E-state index is 0.157. The molecular weight excluding hydrogens is 133 g/mol. The first-order chi connectivity index (χ1) is 2.77. The normalized spacial score (nSPS) is 6.83. The lowest BCUT2D eigenvalue weighted by molar-refractivity contribution is 1.57. The van der Waals surface area contributed by atoms with Crippen molar-refractivity contribution in [3.05, 3.63) is 0 Å². The molecule has 0 aliphatic rings. The highest BCUT2D eigenvalue weighted by Gasteiger charge is 1.97. The van der Waals surface area contributed by atoms with Gasteiger partial charge in [-0.15, -0.1) is 0 Å². The van der Waals surface area contributed by atoms with Crippen LogP contribution in [-0.4, -0.2) is 4.55 Å². The molecule has 0 bridgehead atoms. The molecule has 0 heterocycles. The number of nitriles is 1. The Labute approximate surface area is 52.1 Å². The van der Waals surface area contributed by atoms with Crippen molar-refractivity contribution in [3.63, 3.8) is 0 Å². The van der Waals surface area contributed by atoms with Crippen LogP contribution in [0.5, 0.6) is 0 Å². The van der Waals surface area contributed by atoms with Crippen molar-refractivity contribution in [1.29, 1.82) is 5.26 Å². The van der Waals surface area contributed by atoms with E-state index in [0.29, 0.717) is 0 Å². The maximum absolute atomic E-state index is 7.85. The predicted octanol–water partition coefficient (Wildman–Crippen LogP) is 1.05. The van der Waals surface area contributed by atoms with Gasteiger partial charge in [0.2, 0.25) is 0 Å². The Morgan fingerprint density at radius 1 is 1.67 bits per heavy atom. The number of thiocyanates is 1. The fourth-order valence-electron chi connectivity index (χ4n) is 0.0471. The summed E-state index contributed by atoms with van der Waals surface area (Å²) in [6.45, 7) is 0. The molecule has 0 fully saturated rings. The lowest BCUT2D eigenvalue weighted by Crippen LogP contribution is -1.77. The monoisotopic (exact) mass is 135 g/mol. The van der Waals surface area contributed by atoms with E-state index in [1.54, 1.807) is 0 Å². The summed E-state index contributed by atoms with van der Waals surface area (Å²) in [5, 5.41) is 9.68. The lowest BCUT2D eigenvalue weighted by Gasteiger charge is -1.79. The second kappa shape index (κ2) is 3.78. The Bertz CT molecular complexity index is 65.7. The molecule has 0 unspecified atom stereocenters. The summed E-state index contributed by atoms with van der Waals surface area (Å²) >= 11 is 8.59. The summed E-state index contributed by atoms with van der Waals surface area (Å²) < 4.78 is -0.157. The number of thiol groups is 2. The van der Waals surface area contributed by atoms with Gasteiger partial charge < -0.3 is 0 Å². The standard InChI is InChI=1S/CH2BNS3/c3-1-6-2(4)5/h4-5H. The molecule has 6 heavy (non-hydrogen) atoms. The van der Waals surface area contributed by atoms with E-state index in [0.717, 1.165) is 11.6 Å². The van der Waals surface area contributed by atoms with E-state index in [9.17, 15) is 0 Å². The Hall–Kier alpha value is 0.605. The Kier molecular flexibility index (Phi) is 4.16. The summed E-state index contributed by atoms with van der Waals surface area (Å²) in [5.74, 6) is 0. The molecule has 0 saturated carbocycles. The van der Waals surface area contributed by atoms with Crippen LogP contribution >= 0.6 is 36.6 Å². The van der Waals surface area contributed by atoms with Crippen LogP contribution in [0.25, 0.3) is 0 Å².